The molecule has 2 aliphatic rings. The first kappa shape index (κ1) is 14.2. The number of hydrogen-bond acceptors (Lipinski definition) is 6. The fourth-order valence-electron chi connectivity index (χ4n) is 2.47. The highest BCUT2D eigenvalue weighted by molar-refractivity contribution is 4.79. The summed E-state index contributed by atoms with van der Waals surface area (Å²) in [7, 11) is 0. The zero-order chi connectivity index (χ0) is 12.8. The molecule has 0 spiro atoms. The monoisotopic (exact) mass is 259 g/mol. The molecule has 3 unspecified atom stereocenters. The smallest absolute Gasteiger partial charge is 0.139 e. The molecule has 2 heterocycles. The van der Waals surface area contributed by atoms with Gasteiger partial charge in [-0.2, -0.15) is 0 Å². The minimum Gasteiger partial charge on any atom is -0.387 e. The maximum Gasteiger partial charge on any atom is 0.139 e. The van der Waals surface area contributed by atoms with Crippen molar-refractivity contribution >= 4 is 0 Å². The minimum atomic E-state index is -0.569. The standard InChI is InChI=1S/C12H25N3O3/c1-10-8-15(5-4-13-2-3-14-10)12-11(16)9-17-6-7-18-12/h10-14,16H,2-9H2,1H3. The van der Waals surface area contributed by atoms with Gasteiger partial charge in [0.25, 0.3) is 0 Å². The van der Waals surface area contributed by atoms with E-state index in [1.807, 2.05) is 0 Å². The van der Waals surface area contributed by atoms with Crippen molar-refractivity contribution in [1.82, 2.24) is 15.5 Å². The molecule has 2 rings (SSSR count). The molecule has 3 N–H and O–H groups in total. The summed E-state index contributed by atoms with van der Waals surface area (Å²) in [6, 6.07) is 0.393. The summed E-state index contributed by atoms with van der Waals surface area (Å²) < 4.78 is 11.0. The third-order valence-corrected chi connectivity index (χ3v) is 3.37. The molecule has 0 saturated carbocycles. The van der Waals surface area contributed by atoms with E-state index in [2.05, 4.69) is 22.5 Å². The Labute approximate surface area is 109 Å². The lowest BCUT2D eigenvalue weighted by atomic mass is 10.2. The Morgan fingerprint density at radius 3 is 3.00 bits per heavy atom. The van der Waals surface area contributed by atoms with Gasteiger partial charge >= 0.3 is 0 Å². The first-order chi connectivity index (χ1) is 8.77. The number of nitrogens with one attached hydrogen (secondary N) is 2. The Morgan fingerprint density at radius 1 is 1.22 bits per heavy atom. The fourth-order valence-corrected chi connectivity index (χ4v) is 2.47. The average Bonchev–Trinajstić information content (AvgIpc) is 2.49. The van der Waals surface area contributed by atoms with Crippen LogP contribution in [0.3, 0.4) is 0 Å². The molecule has 18 heavy (non-hydrogen) atoms. The van der Waals surface area contributed by atoms with Crippen molar-refractivity contribution in [2.75, 3.05) is 52.5 Å². The van der Waals surface area contributed by atoms with Gasteiger partial charge < -0.3 is 25.2 Å². The van der Waals surface area contributed by atoms with Crippen molar-refractivity contribution in [3.8, 4) is 0 Å². The lowest BCUT2D eigenvalue weighted by Gasteiger charge is -2.34. The van der Waals surface area contributed by atoms with Gasteiger partial charge in [0.15, 0.2) is 0 Å². The van der Waals surface area contributed by atoms with Crippen molar-refractivity contribution in [2.45, 2.75) is 25.3 Å². The number of aliphatic hydroxyl groups is 1. The molecular weight excluding hydrogens is 234 g/mol. The second kappa shape index (κ2) is 7.37. The van der Waals surface area contributed by atoms with Crippen LogP contribution in [0.15, 0.2) is 0 Å². The van der Waals surface area contributed by atoms with Gasteiger partial charge in [-0.1, -0.05) is 0 Å². The quantitative estimate of drug-likeness (QED) is 0.538. The summed E-state index contributed by atoms with van der Waals surface area (Å²) in [6.07, 6.45) is -0.822. The lowest BCUT2D eigenvalue weighted by molar-refractivity contribution is -0.115. The zero-order valence-electron chi connectivity index (χ0n) is 11.1. The number of ether oxygens (including phenoxy) is 2. The predicted octanol–water partition coefficient (Wildman–Crippen LogP) is -1.40. The van der Waals surface area contributed by atoms with E-state index in [-0.39, 0.29) is 6.23 Å². The number of rotatable bonds is 1. The van der Waals surface area contributed by atoms with Crippen LogP contribution < -0.4 is 10.6 Å². The van der Waals surface area contributed by atoms with Crippen LogP contribution >= 0.6 is 0 Å². The normalized spacial score (nSPS) is 37.3. The van der Waals surface area contributed by atoms with Crippen LogP contribution in [0, 0.1) is 0 Å². The van der Waals surface area contributed by atoms with Crippen molar-refractivity contribution in [1.29, 1.82) is 0 Å². The molecule has 0 aliphatic carbocycles. The van der Waals surface area contributed by atoms with Crippen LogP contribution in [0.1, 0.15) is 6.92 Å². The first-order valence-corrected chi connectivity index (χ1v) is 6.83. The molecule has 0 bridgehead atoms. The highest BCUT2D eigenvalue weighted by atomic mass is 16.6. The molecule has 0 aromatic heterocycles. The molecule has 0 aromatic rings. The predicted molar refractivity (Wildman–Crippen MR) is 68.5 cm³/mol. The molecule has 2 aliphatic heterocycles. The van der Waals surface area contributed by atoms with Crippen molar-refractivity contribution in [3.05, 3.63) is 0 Å². The molecule has 6 heteroatoms. The Kier molecular flexibility index (Phi) is 5.81. The van der Waals surface area contributed by atoms with E-state index in [1.165, 1.54) is 0 Å². The number of hydrogen-bond donors (Lipinski definition) is 3. The second-order valence-corrected chi connectivity index (χ2v) is 5.00. The molecule has 2 fully saturated rings. The van der Waals surface area contributed by atoms with Gasteiger partial charge in [-0.05, 0) is 6.92 Å². The van der Waals surface area contributed by atoms with Gasteiger partial charge in [-0.3, -0.25) is 4.90 Å². The van der Waals surface area contributed by atoms with E-state index in [0.29, 0.717) is 25.9 Å². The molecule has 3 atom stereocenters. The Hall–Kier alpha value is -0.240. The SMILES string of the molecule is CC1CN(C2OCCOCC2O)CCNCCN1. The van der Waals surface area contributed by atoms with Gasteiger partial charge in [0.05, 0.1) is 19.8 Å². The van der Waals surface area contributed by atoms with Crippen LogP contribution in [0.2, 0.25) is 0 Å². The van der Waals surface area contributed by atoms with Gasteiger partial charge in [-0.15, -0.1) is 0 Å². The zero-order valence-corrected chi connectivity index (χ0v) is 11.1. The highest BCUT2D eigenvalue weighted by Crippen LogP contribution is 2.11. The summed E-state index contributed by atoms with van der Waals surface area (Å²) in [5, 5.41) is 16.9. The Bertz CT molecular complexity index is 243. The van der Waals surface area contributed by atoms with E-state index in [1.54, 1.807) is 0 Å². The molecule has 0 amide bonds. The van der Waals surface area contributed by atoms with E-state index < -0.39 is 6.10 Å². The summed E-state index contributed by atoms with van der Waals surface area (Å²) in [5.74, 6) is 0. The lowest BCUT2D eigenvalue weighted by Crippen LogP contribution is -2.51. The van der Waals surface area contributed by atoms with Gasteiger partial charge in [-0.25, -0.2) is 0 Å². The second-order valence-electron chi connectivity index (χ2n) is 5.00. The highest BCUT2D eigenvalue weighted by Gasteiger charge is 2.29. The molecule has 0 aromatic carbocycles. The molecule has 0 radical (unpaired) electrons. The van der Waals surface area contributed by atoms with Gasteiger partial charge in [0.2, 0.25) is 0 Å². The van der Waals surface area contributed by atoms with Crippen molar-refractivity contribution in [2.24, 2.45) is 0 Å². The number of aliphatic hydroxyl groups excluding tert-OH is 1. The average molecular weight is 259 g/mol. The van der Waals surface area contributed by atoms with Crippen molar-refractivity contribution in [3.63, 3.8) is 0 Å². The van der Waals surface area contributed by atoms with E-state index in [0.717, 1.165) is 32.7 Å². The topological polar surface area (TPSA) is 66.0 Å². The summed E-state index contributed by atoms with van der Waals surface area (Å²) in [6.45, 7) is 8.27. The number of nitrogens with zero attached hydrogens (tertiary/aromatic N) is 1. The summed E-state index contributed by atoms with van der Waals surface area (Å²) in [5.41, 5.74) is 0. The Morgan fingerprint density at radius 2 is 2.11 bits per heavy atom. The largest absolute Gasteiger partial charge is 0.387 e. The van der Waals surface area contributed by atoms with Crippen LogP contribution in [-0.2, 0) is 9.47 Å². The van der Waals surface area contributed by atoms with Crippen LogP contribution in [0.5, 0.6) is 0 Å². The Balaban J connectivity index is 1.97. The fraction of sp³-hybridized carbons (Fsp3) is 1.00. The van der Waals surface area contributed by atoms with Crippen LogP contribution in [0.4, 0.5) is 0 Å². The summed E-state index contributed by atoms with van der Waals surface area (Å²) in [4.78, 5) is 2.20. The minimum absolute atomic E-state index is 0.253. The van der Waals surface area contributed by atoms with E-state index in [9.17, 15) is 5.11 Å². The third kappa shape index (κ3) is 4.15. The molecule has 106 valence electrons. The van der Waals surface area contributed by atoms with Crippen LogP contribution in [0.25, 0.3) is 0 Å². The third-order valence-electron chi connectivity index (χ3n) is 3.37. The van der Waals surface area contributed by atoms with Gasteiger partial charge in [0.1, 0.15) is 12.3 Å². The van der Waals surface area contributed by atoms with Crippen molar-refractivity contribution < 1.29 is 14.6 Å². The molecular formula is C12H25N3O3. The maximum atomic E-state index is 10.1. The first-order valence-electron chi connectivity index (χ1n) is 6.83. The van der Waals surface area contributed by atoms with Gasteiger partial charge in [0, 0.05) is 38.8 Å². The van der Waals surface area contributed by atoms with Crippen LogP contribution in [-0.4, -0.2) is 80.9 Å². The molecule has 6 nitrogen and oxygen atoms in total. The maximum absolute atomic E-state index is 10.1. The summed E-state index contributed by atoms with van der Waals surface area (Å²) >= 11 is 0. The van der Waals surface area contributed by atoms with E-state index >= 15 is 0 Å². The van der Waals surface area contributed by atoms with E-state index in [4.69, 9.17) is 9.47 Å². The molecule has 2 saturated heterocycles.